The summed E-state index contributed by atoms with van der Waals surface area (Å²) >= 11 is 12.5. The lowest BCUT2D eigenvalue weighted by Gasteiger charge is -2.12. The number of nitriles is 1. The number of aryl methyl sites for hydroxylation is 1. The van der Waals surface area contributed by atoms with Gasteiger partial charge >= 0.3 is 0 Å². The van der Waals surface area contributed by atoms with Crippen molar-refractivity contribution in [3.8, 4) is 11.8 Å². The van der Waals surface area contributed by atoms with Gasteiger partial charge in [0, 0.05) is 53.6 Å². The Kier molecular flexibility index (Phi) is 7.79. The smallest absolute Gasteiger partial charge is 0.295 e. The highest BCUT2D eigenvalue weighted by Gasteiger charge is 2.17. The largest absolute Gasteiger partial charge is 0.489 e. The van der Waals surface area contributed by atoms with Crippen molar-refractivity contribution in [2.24, 2.45) is 4.99 Å². The number of carbonyl (C=O) groups excluding carboxylic acids is 1. The van der Waals surface area contributed by atoms with Crippen LogP contribution in [0.2, 0.25) is 10.0 Å². The Hall–Kier alpha value is -3.01. The molecule has 0 aliphatic carbocycles. The van der Waals surface area contributed by atoms with E-state index in [4.69, 9.17) is 33.2 Å². The van der Waals surface area contributed by atoms with Gasteiger partial charge in [0.05, 0.1) is 6.07 Å². The lowest BCUT2D eigenvalue weighted by atomic mass is 10.2. The molecular weight excluding hydrogens is 447 g/mol. The molecule has 6 nitrogen and oxygen atoms in total. The van der Waals surface area contributed by atoms with Gasteiger partial charge in [-0.05, 0) is 49.7 Å². The van der Waals surface area contributed by atoms with E-state index in [1.54, 1.807) is 30.0 Å². The van der Waals surface area contributed by atoms with Gasteiger partial charge in [-0.15, -0.1) is 0 Å². The summed E-state index contributed by atoms with van der Waals surface area (Å²) in [4.78, 5) is 18.9. The molecule has 0 saturated heterocycles. The minimum atomic E-state index is -0.324. The molecule has 0 bridgehead atoms. The van der Waals surface area contributed by atoms with Crippen LogP contribution in [-0.4, -0.2) is 35.3 Å². The van der Waals surface area contributed by atoms with E-state index in [1.165, 1.54) is 0 Å². The molecule has 1 amide bonds. The number of fused-ring (bicyclic) bond motifs is 1. The number of benzene rings is 2. The second kappa shape index (κ2) is 10.5. The summed E-state index contributed by atoms with van der Waals surface area (Å²) < 4.78 is 7.84. The van der Waals surface area contributed by atoms with Gasteiger partial charge in [0.25, 0.3) is 5.91 Å². The maximum absolute atomic E-state index is 12.9. The summed E-state index contributed by atoms with van der Waals surface area (Å²) in [6.07, 6.45) is 1.05. The van der Waals surface area contributed by atoms with Gasteiger partial charge in [-0.1, -0.05) is 29.3 Å². The number of hydrogen-bond acceptors (Lipinski definition) is 3. The van der Waals surface area contributed by atoms with E-state index < -0.39 is 0 Å². The maximum atomic E-state index is 12.9. The zero-order valence-electron chi connectivity index (χ0n) is 18.2. The van der Waals surface area contributed by atoms with Gasteiger partial charge in [0.2, 0.25) is 0 Å². The summed E-state index contributed by atoms with van der Waals surface area (Å²) in [5.41, 5.74) is 2.08. The first-order chi connectivity index (χ1) is 15.3. The molecule has 0 aliphatic rings. The van der Waals surface area contributed by atoms with Crippen molar-refractivity contribution in [1.82, 2.24) is 9.47 Å². The molecule has 0 radical (unpaired) electrons. The second-order valence-corrected chi connectivity index (χ2v) is 8.33. The average Bonchev–Trinajstić information content (AvgIpc) is 3.11. The van der Waals surface area contributed by atoms with E-state index in [9.17, 15) is 4.79 Å². The van der Waals surface area contributed by atoms with Gasteiger partial charge in [-0.25, -0.2) is 0 Å². The van der Waals surface area contributed by atoms with E-state index in [0.29, 0.717) is 46.7 Å². The number of ether oxygens (including phenoxy) is 1. The van der Waals surface area contributed by atoms with Crippen molar-refractivity contribution in [3.05, 3.63) is 63.8 Å². The lowest BCUT2D eigenvalue weighted by molar-refractivity contribution is 0.0993. The first-order valence-corrected chi connectivity index (χ1v) is 10.9. The number of nitrogens with zero attached hydrogens (tertiary/aromatic N) is 4. The van der Waals surface area contributed by atoms with Crippen molar-refractivity contribution < 1.29 is 9.53 Å². The zero-order chi connectivity index (χ0) is 23.3. The molecule has 0 atom stereocenters. The Bertz CT molecular complexity index is 1190. The van der Waals surface area contributed by atoms with Crippen LogP contribution in [0.15, 0.2) is 47.5 Å². The number of unbranched alkanes of at least 4 members (excludes halogenated alkanes) is 1. The first kappa shape index (κ1) is 23.6. The third-order valence-electron chi connectivity index (χ3n) is 5.12. The predicted molar refractivity (Wildman–Crippen MR) is 129 cm³/mol. The molecule has 3 aromatic rings. The van der Waals surface area contributed by atoms with Crippen molar-refractivity contribution in [1.29, 1.82) is 5.26 Å². The number of aromatic nitrogens is 1. The molecule has 0 N–H and O–H groups in total. The highest BCUT2D eigenvalue weighted by Crippen LogP contribution is 2.29. The van der Waals surface area contributed by atoms with Crippen molar-refractivity contribution in [2.45, 2.75) is 32.9 Å². The maximum Gasteiger partial charge on any atom is 0.295 e. The minimum absolute atomic E-state index is 0.227. The van der Waals surface area contributed by atoms with Crippen LogP contribution < -0.4 is 4.74 Å². The molecule has 2 aromatic carbocycles. The van der Waals surface area contributed by atoms with Crippen molar-refractivity contribution >= 4 is 45.8 Å². The molecular formula is C24H24Cl2N4O2. The highest BCUT2D eigenvalue weighted by molar-refractivity contribution is 6.35. The van der Waals surface area contributed by atoms with Crippen LogP contribution in [0.25, 0.3) is 10.9 Å². The highest BCUT2D eigenvalue weighted by atomic mass is 35.5. The molecule has 0 fully saturated rings. The molecule has 0 spiro atoms. The van der Waals surface area contributed by atoms with Gasteiger partial charge in [-0.2, -0.15) is 10.3 Å². The Labute approximate surface area is 197 Å². The molecule has 8 heteroatoms. The summed E-state index contributed by atoms with van der Waals surface area (Å²) in [5, 5.41) is 10.8. The summed E-state index contributed by atoms with van der Waals surface area (Å²) in [7, 11) is 3.67. The van der Waals surface area contributed by atoms with E-state index in [2.05, 4.69) is 11.1 Å². The molecule has 1 heterocycles. The normalized spacial score (nSPS) is 11.4. The molecule has 32 heavy (non-hydrogen) atoms. The summed E-state index contributed by atoms with van der Waals surface area (Å²) in [6, 6.07) is 14.9. The van der Waals surface area contributed by atoms with Gasteiger partial charge in [-0.3, -0.25) is 4.79 Å². The molecule has 0 aliphatic heterocycles. The molecule has 0 saturated carbocycles. The number of carbonyl (C=O) groups is 1. The van der Waals surface area contributed by atoms with Crippen LogP contribution in [0, 0.1) is 11.3 Å². The van der Waals surface area contributed by atoms with Gasteiger partial charge in [0.15, 0.2) is 0 Å². The Morgan fingerprint density at radius 2 is 1.91 bits per heavy atom. The van der Waals surface area contributed by atoms with Crippen LogP contribution in [0.5, 0.6) is 5.75 Å². The number of hydrogen-bond donors (Lipinski definition) is 0. The number of halogens is 2. The number of amides is 1. The Morgan fingerprint density at radius 1 is 1.19 bits per heavy atom. The van der Waals surface area contributed by atoms with E-state index in [0.717, 1.165) is 16.5 Å². The van der Waals surface area contributed by atoms with E-state index >= 15 is 0 Å². The fraction of sp³-hybridized carbons (Fsp3) is 0.292. The molecule has 166 valence electrons. The van der Waals surface area contributed by atoms with Crippen LogP contribution in [-0.2, 0) is 13.2 Å². The van der Waals surface area contributed by atoms with E-state index in [-0.39, 0.29) is 12.5 Å². The predicted octanol–water partition coefficient (Wildman–Crippen LogP) is 5.95. The van der Waals surface area contributed by atoms with Crippen molar-refractivity contribution in [3.63, 3.8) is 0 Å². The molecule has 3 rings (SSSR count). The third kappa shape index (κ3) is 5.42. The number of rotatable bonds is 7. The first-order valence-electron chi connectivity index (χ1n) is 10.1. The second-order valence-electron chi connectivity index (χ2n) is 7.51. The minimum Gasteiger partial charge on any atom is -0.489 e. The average molecular weight is 471 g/mol. The third-order valence-corrected chi connectivity index (χ3v) is 5.83. The van der Waals surface area contributed by atoms with Crippen LogP contribution in [0.4, 0.5) is 0 Å². The number of aliphatic imine (C=N–C) groups is 1. The molecule has 1 aromatic heterocycles. The van der Waals surface area contributed by atoms with Crippen molar-refractivity contribution in [2.75, 3.05) is 14.1 Å². The van der Waals surface area contributed by atoms with Crippen LogP contribution >= 0.6 is 23.2 Å². The quantitative estimate of drug-likeness (QED) is 0.243. The monoisotopic (exact) mass is 470 g/mol. The summed E-state index contributed by atoms with van der Waals surface area (Å²) in [5.74, 6) is 0.925. The Balaban J connectivity index is 1.93. The molecule has 0 unspecified atom stereocenters. The topological polar surface area (TPSA) is 70.6 Å². The van der Waals surface area contributed by atoms with Gasteiger partial charge in [0.1, 0.15) is 23.9 Å². The zero-order valence-corrected chi connectivity index (χ0v) is 19.7. The van der Waals surface area contributed by atoms with Gasteiger partial charge < -0.3 is 14.2 Å². The SMILES string of the molecule is CC(=NC(=O)c1cc2cc(OCc3c(Cl)cccc3Cl)ccc2n1CCCC#N)N(C)C. The standard InChI is InChI=1S/C24H24Cl2N4O2/c1-16(29(2)3)28-24(31)23-14-17-13-18(9-10-22(17)30(23)12-5-4-11-27)32-15-19-20(25)7-6-8-21(19)26/h6-10,13-14H,4-5,12,15H2,1-3H3. The van der Waals surface area contributed by atoms with Crippen LogP contribution in [0.3, 0.4) is 0 Å². The fourth-order valence-electron chi connectivity index (χ4n) is 3.20. The van der Waals surface area contributed by atoms with E-state index in [1.807, 2.05) is 42.9 Å². The lowest BCUT2D eigenvalue weighted by Crippen LogP contribution is -2.20. The number of amidine groups is 1. The summed E-state index contributed by atoms with van der Waals surface area (Å²) in [6.45, 7) is 2.56. The fourth-order valence-corrected chi connectivity index (χ4v) is 3.71. The van der Waals surface area contributed by atoms with Crippen LogP contribution in [0.1, 0.15) is 35.8 Å². The Morgan fingerprint density at radius 3 is 2.56 bits per heavy atom.